The van der Waals surface area contributed by atoms with Crippen molar-refractivity contribution in [2.24, 2.45) is 4.99 Å². The van der Waals surface area contributed by atoms with Gasteiger partial charge in [0.1, 0.15) is 17.2 Å². The first-order valence-corrected chi connectivity index (χ1v) is 8.78. The van der Waals surface area contributed by atoms with E-state index in [4.69, 9.17) is 9.47 Å². The molecule has 6 heteroatoms. The fraction of sp³-hybridized carbons (Fsp3) is 0.182. The lowest BCUT2D eigenvalue weighted by atomic mass is 10.1. The molecule has 2 aromatic rings. The molecule has 0 spiro atoms. The van der Waals surface area contributed by atoms with Crippen molar-refractivity contribution in [3.8, 4) is 11.5 Å². The lowest BCUT2D eigenvalue weighted by Crippen LogP contribution is -2.28. The summed E-state index contributed by atoms with van der Waals surface area (Å²) >= 11 is 0. The molecule has 0 radical (unpaired) electrons. The van der Waals surface area contributed by atoms with E-state index < -0.39 is 0 Å². The maximum Gasteiger partial charge on any atom is 0.203 e. The third-order valence-electron chi connectivity index (χ3n) is 4.29. The molecule has 0 saturated heterocycles. The smallest absolute Gasteiger partial charge is 0.203 e. The van der Waals surface area contributed by atoms with Gasteiger partial charge in [0, 0.05) is 12.2 Å². The van der Waals surface area contributed by atoms with Gasteiger partial charge in [0.15, 0.2) is 0 Å². The molecule has 0 aliphatic heterocycles. The van der Waals surface area contributed by atoms with Crippen LogP contribution in [0.4, 0.5) is 0 Å². The highest BCUT2D eigenvalue weighted by molar-refractivity contribution is 6.49. The quantitative estimate of drug-likeness (QED) is 0.748. The average Bonchev–Trinajstić information content (AvgIpc) is 2.73. The summed E-state index contributed by atoms with van der Waals surface area (Å²) in [7, 11) is 3.21. The first-order valence-electron chi connectivity index (χ1n) is 8.78. The van der Waals surface area contributed by atoms with Gasteiger partial charge in [0.2, 0.25) is 5.78 Å². The standard InChI is InChI=1S/C22H22N2O4/c1-27-17-7-3-15(4-8-17)13-23-19-11-20(22(26)12-21(19)25)24-14-16-5-9-18(28-2)10-6-16/h3-12,23,25H,13-14H2,1-2H3/p-1. The molecule has 0 heterocycles. The van der Waals surface area contributed by atoms with Crippen molar-refractivity contribution in [1.82, 2.24) is 5.32 Å². The number of carbonyl (C=O) groups is 1. The van der Waals surface area contributed by atoms with E-state index in [1.807, 2.05) is 48.5 Å². The molecule has 0 atom stereocenters. The van der Waals surface area contributed by atoms with Crippen LogP contribution in [-0.4, -0.2) is 25.7 Å². The molecule has 0 bridgehead atoms. The molecule has 1 N–H and O–H groups in total. The fourth-order valence-corrected chi connectivity index (χ4v) is 2.66. The zero-order valence-electron chi connectivity index (χ0n) is 15.8. The number of nitrogens with one attached hydrogen (secondary N) is 1. The van der Waals surface area contributed by atoms with Gasteiger partial charge in [0.05, 0.1) is 20.8 Å². The molecule has 0 saturated carbocycles. The first kappa shape index (κ1) is 19.2. The molecule has 0 fully saturated rings. The van der Waals surface area contributed by atoms with Crippen LogP contribution >= 0.6 is 0 Å². The lowest BCUT2D eigenvalue weighted by molar-refractivity contribution is -0.298. The molecule has 28 heavy (non-hydrogen) atoms. The van der Waals surface area contributed by atoms with Crippen LogP contribution in [0.1, 0.15) is 11.1 Å². The van der Waals surface area contributed by atoms with Gasteiger partial charge in [-0.3, -0.25) is 9.79 Å². The Bertz CT molecular complexity index is 926. The Labute approximate surface area is 163 Å². The Kier molecular flexibility index (Phi) is 6.11. The summed E-state index contributed by atoms with van der Waals surface area (Å²) in [4.78, 5) is 16.5. The van der Waals surface area contributed by atoms with Crippen LogP contribution in [-0.2, 0) is 17.9 Å². The monoisotopic (exact) mass is 377 g/mol. The van der Waals surface area contributed by atoms with Crippen LogP contribution in [0.2, 0.25) is 0 Å². The van der Waals surface area contributed by atoms with Crippen molar-refractivity contribution in [2.45, 2.75) is 13.1 Å². The lowest BCUT2D eigenvalue weighted by Gasteiger charge is -2.22. The molecule has 0 aromatic heterocycles. The van der Waals surface area contributed by atoms with Gasteiger partial charge < -0.3 is 19.9 Å². The van der Waals surface area contributed by atoms with Gasteiger partial charge in [-0.15, -0.1) is 0 Å². The number of rotatable bonds is 7. The highest BCUT2D eigenvalue weighted by Gasteiger charge is 2.13. The van der Waals surface area contributed by atoms with Crippen LogP contribution in [0.3, 0.4) is 0 Å². The summed E-state index contributed by atoms with van der Waals surface area (Å²) in [6, 6.07) is 15.0. The second-order valence-electron chi connectivity index (χ2n) is 6.18. The van der Waals surface area contributed by atoms with E-state index >= 15 is 0 Å². The van der Waals surface area contributed by atoms with Crippen LogP contribution in [0.15, 0.2) is 77.1 Å². The van der Waals surface area contributed by atoms with Gasteiger partial charge in [-0.25, -0.2) is 0 Å². The molecule has 0 unspecified atom stereocenters. The normalized spacial score (nSPS) is 15.1. The van der Waals surface area contributed by atoms with Gasteiger partial charge in [-0.2, -0.15) is 0 Å². The third kappa shape index (κ3) is 4.79. The second kappa shape index (κ2) is 8.90. The van der Waals surface area contributed by atoms with Crippen LogP contribution < -0.4 is 19.9 Å². The van der Waals surface area contributed by atoms with Crippen LogP contribution in [0, 0.1) is 0 Å². The topological polar surface area (TPSA) is 83.0 Å². The number of ether oxygens (including phenoxy) is 2. The minimum absolute atomic E-state index is 0.257. The number of ketones is 1. The summed E-state index contributed by atoms with van der Waals surface area (Å²) in [5.74, 6) is 0.799. The molecule has 3 rings (SSSR count). The van der Waals surface area contributed by atoms with Crippen molar-refractivity contribution < 1.29 is 19.4 Å². The molecule has 2 aromatic carbocycles. The Balaban J connectivity index is 1.68. The van der Waals surface area contributed by atoms with Crippen LogP contribution in [0.5, 0.6) is 11.5 Å². The van der Waals surface area contributed by atoms with E-state index in [9.17, 15) is 9.90 Å². The SMILES string of the molecule is COc1ccc(CN=C2C=C(NCc3ccc(OC)cc3)C([O-])=CC2=O)cc1. The van der Waals surface area contributed by atoms with Crippen molar-refractivity contribution >= 4 is 11.5 Å². The van der Waals surface area contributed by atoms with Crippen molar-refractivity contribution in [2.75, 3.05) is 14.2 Å². The van der Waals surface area contributed by atoms with Crippen molar-refractivity contribution in [3.63, 3.8) is 0 Å². The number of methoxy groups -OCH3 is 2. The first-order chi connectivity index (χ1) is 13.6. The van der Waals surface area contributed by atoms with Gasteiger partial charge in [-0.05, 0) is 47.5 Å². The number of hydrogen-bond acceptors (Lipinski definition) is 6. The number of hydrogen-bond donors (Lipinski definition) is 1. The largest absolute Gasteiger partial charge is 0.871 e. The predicted molar refractivity (Wildman–Crippen MR) is 105 cm³/mol. The maximum absolute atomic E-state index is 12.1. The molecule has 0 amide bonds. The minimum atomic E-state index is -0.381. The summed E-state index contributed by atoms with van der Waals surface area (Å²) in [5, 5.41) is 15.2. The number of allylic oxidation sites excluding steroid dienone is 2. The third-order valence-corrected chi connectivity index (χ3v) is 4.29. The number of nitrogens with zero attached hydrogens (tertiary/aromatic N) is 1. The zero-order chi connectivity index (χ0) is 19.9. The highest BCUT2D eigenvalue weighted by atomic mass is 16.5. The predicted octanol–water partition coefficient (Wildman–Crippen LogP) is 2.15. The summed E-state index contributed by atoms with van der Waals surface area (Å²) in [6.45, 7) is 0.796. The van der Waals surface area contributed by atoms with Gasteiger partial charge >= 0.3 is 0 Å². The molecule has 1 aliphatic rings. The molecular weight excluding hydrogens is 356 g/mol. The van der Waals surface area contributed by atoms with E-state index in [0.29, 0.717) is 18.8 Å². The second-order valence-corrected chi connectivity index (χ2v) is 6.18. The zero-order valence-corrected chi connectivity index (χ0v) is 15.8. The van der Waals surface area contributed by atoms with E-state index in [0.717, 1.165) is 28.7 Å². The van der Waals surface area contributed by atoms with E-state index in [1.165, 1.54) is 6.08 Å². The Hall–Kier alpha value is -3.54. The molecular formula is C22H21N2O4-. The number of aliphatic imine (C=N–C) groups is 1. The van der Waals surface area contributed by atoms with E-state index in [1.54, 1.807) is 14.2 Å². The van der Waals surface area contributed by atoms with E-state index in [2.05, 4.69) is 10.3 Å². The molecule has 144 valence electrons. The summed E-state index contributed by atoms with van der Waals surface area (Å²) in [5.41, 5.74) is 2.54. The number of benzene rings is 2. The minimum Gasteiger partial charge on any atom is -0.871 e. The maximum atomic E-state index is 12.1. The number of carbonyl (C=O) groups excluding carboxylic acids is 1. The summed E-state index contributed by atoms with van der Waals surface area (Å²) < 4.78 is 10.3. The van der Waals surface area contributed by atoms with Gasteiger partial charge in [0.25, 0.3) is 0 Å². The Morgan fingerprint density at radius 3 is 2.04 bits per heavy atom. The molecule has 1 aliphatic carbocycles. The summed E-state index contributed by atoms with van der Waals surface area (Å²) in [6.07, 6.45) is 2.58. The Morgan fingerprint density at radius 2 is 1.46 bits per heavy atom. The van der Waals surface area contributed by atoms with Crippen LogP contribution in [0.25, 0.3) is 0 Å². The highest BCUT2D eigenvalue weighted by Crippen LogP contribution is 2.15. The average molecular weight is 377 g/mol. The van der Waals surface area contributed by atoms with Crippen molar-refractivity contribution in [1.29, 1.82) is 0 Å². The van der Waals surface area contributed by atoms with E-state index in [-0.39, 0.29) is 17.3 Å². The fourth-order valence-electron chi connectivity index (χ4n) is 2.66. The Morgan fingerprint density at radius 1 is 0.893 bits per heavy atom. The van der Waals surface area contributed by atoms with Gasteiger partial charge in [-0.1, -0.05) is 30.0 Å². The van der Waals surface area contributed by atoms with Crippen molar-refractivity contribution in [3.05, 3.63) is 83.3 Å². The molecule has 6 nitrogen and oxygen atoms in total.